The van der Waals surface area contributed by atoms with Crippen molar-refractivity contribution in [1.29, 1.82) is 0 Å². The van der Waals surface area contributed by atoms with Crippen LogP contribution in [-0.2, 0) is 190 Å². The monoisotopic (exact) mass is 2370 g/mol. The first-order valence-corrected chi connectivity index (χ1v) is 26.2. The first kappa shape index (κ1) is 96.4. The smallest absolute Gasteiger partial charge is 0.331 e. The standard InChI is InChI=1S/2C9H12N.3C8H11N2.C8H12O2.2C7H11N2.7Re/c1-9(2,3)8-4-6-10-7-5-8;1-9(2,3)8-6-4-5-7-10-8;2*1-8(2,3)7-4-5-9-6-10-7;1-8(2,3)7-9-5-4-6-10-7;1-8(2,3)6-4-5-7(9)10-6;1-7(2,3)6-4-8-5-9-6;1-7(2,3)6-4-8-9-5-6;;;;;;;/h2*4-6H,1-3H3;4,6H,1-3H3;2*4-5H,1-3H3;4-6H,1-3H3;2*4H,1-3H3,(H,8,9);;;;;;;/q5*-1;;2*-1;;;;;;;. The molecule has 0 bridgehead atoms. The quantitative estimate of drug-likeness (QED) is 0.108. The van der Waals surface area contributed by atoms with E-state index in [2.05, 4.69) is 249 Å². The number of imidazole rings is 1. The van der Waals surface area contributed by atoms with Gasteiger partial charge in [0, 0.05) is 167 Å². The van der Waals surface area contributed by atoms with E-state index in [0.29, 0.717) is 0 Å². The zero-order valence-electron chi connectivity index (χ0n) is 54.2. The Morgan fingerprint density at radius 3 is 1.31 bits per heavy atom. The van der Waals surface area contributed by atoms with Crippen LogP contribution in [0.15, 0.2) is 98.0 Å². The van der Waals surface area contributed by atoms with Gasteiger partial charge < -0.3 is 64.8 Å². The molecule has 8 heterocycles. The molecule has 7 aromatic heterocycles. The Morgan fingerprint density at radius 1 is 0.506 bits per heavy atom. The molecule has 0 amide bonds. The van der Waals surface area contributed by atoms with Crippen LogP contribution >= 0.6 is 0 Å². The maximum Gasteiger partial charge on any atom is 0.331 e. The van der Waals surface area contributed by atoms with E-state index in [1.54, 1.807) is 30.9 Å². The van der Waals surface area contributed by atoms with E-state index in [4.69, 9.17) is 4.74 Å². The molecule has 21 heteroatoms. The van der Waals surface area contributed by atoms with Crippen molar-refractivity contribution in [1.82, 2.24) is 60.0 Å². The minimum atomic E-state index is -0.222. The van der Waals surface area contributed by atoms with E-state index >= 15 is 0 Å². The van der Waals surface area contributed by atoms with Crippen LogP contribution in [0.4, 0.5) is 0 Å². The van der Waals surface area contributed by atoms with Gasteiger partial charge in [-0.3, -0.25) is 0 Å². The van der Waals surface area contributed by atoms with Gasteiger partial charge >= 0.3 is 5.97 Å². The molecule has 0 aromatic carbocycles. The molecule has 8 rings (SSSR count). The van der Waals surface area contributed by atoms with Crippen LogP contribution in [0.1, 0.15) is 206 Å². The van der Waals surface area contributed by atoms with Crippen LogP contribution in [-0.4, -0.2) is 72.1 Å². The molecular weight excluding hydrogens is 2270 g/mol. The second-order valence-corrected chi connectivity index (χ2v) is 26.6. The molecule has 1 unspecified atom stereocenters. The van der Waals surface area contributed by atoms with Crippen molar-refractivity contribution in [3.8, 4) is 0 Å². The third kappa shape index (κ3) is 44.0. The number of H-pyrrole nitrogens is 2. The van der Waals surface area contributed by atoms with Gasteiger partial charge in [-0.25, -0.2) is 4.79 Å². The average Bonchev–Trinajstić information content (AvgIpc) is 4.19. The van der Waals surface area contributed by atoms with Crippen LogP contribution in [0.5, 0.6) is 0 Å². The zero-order valence-corrected chi connectivity index (χ0v) is 73.3. The predicted octanol–water partition coefficient (Wildman–Crippen LogP) is 13.6. The van der Waals surface area contributed by atoms with E-state index in [9.17, 15) is 4.79 Å². The molecule has 85 heavy (non-hydrogen) atoms. The molecular formula is C64H91N12O2Re7-7. The molecule has 14 nitrogen and oxygen atoms in total. The molecule has 0 aliphatic carbocycles. The van der Waals surface area contributed by atoms with Gasteiger partial charge in [0.05, 0.1) is 0 Å². The topological polar surface area (TPSA) is 187 Å². The molecule has 0 saturated heterocycles. The SMILES string of the molecule is CC(C)(C)C1C=CC(=O)O1.CC(C)(C)c1[c-]n[nH]c1.CC(C)(C)c1c[c-]ncc1.CC(C)(C)c1c[c-]ncn1.CC(C)(C)c1ccc[c-]n1.CC(C)(C)c1ccn[c-]n1.CC(C)(C)c1cn[c-][nH]1.CC(C)(C)c1n[c-]ccn1.[Re].[Re].[Re].[Re].[Re].[Re].[Re]. The number of nitrogens with zero attached hydrogens (tertiary/aromatic N) is 10. The minimum absolute atomic E-state index is 0. The number of aromatic amines is 2. The third-order valence-electron chi connectivity index (χ3n) is 10.7. The van der Waals surface area contributed by atoms with Crippen LogP contribution in [0, 0.1) is 49.1 Å². The van der Waals surface area contributed by atoms with Crippen molar-refractivity contribution < 1.29 is 152 Å². The number of ether oxygens (including phenoxy) is 1. The molecule has 7 aromatic rings. The van der Waals surface area contributed by atoms with Gasteiger partial charge in [-0.2, -0.15) is 35.9 Å². The number of pyridine rings is 2. The first-order chi connectivity index (χ1) is 35.7. The Kier molecular flexibility index (Phi) is 51.2. The summed E-state index contributed by atoms with van der Waals surface area (Å²) < 4.78 is 4.98. The van der Waals surface area contributed by atoms with Gasteiger partial charge in [0.15, 0.2) is 0 Å². The van der Waals surface area contributed by atoms with Gasteiger partial charge in [0.2, 0.25) is 0 Å². The van der Waals surface area contributed by atoms with Crippen molar-refractivity contribution in [3.05, 3.63) is 181 Å². The number of hydrogen-bond donors (Lipinski definition) is 2. The van der Waals surface area contributed by atoms with E-state index in [-0.39, 0.29) is 198 Å². The molecule has 1 atom stereocenters. The summed E-state index contributed by atoms with van der Waals surface area (Å²) in [6.45, 7) is 50.8. The molecule has 1 aliphatic rings. The summed E-state index contributed by atoms with van der Waals surface area (Å²) in [4.78, 5) is 49.0. The fourth-order valence-corrected chi connectivity index (χ4v) is 5.55. The van der Waals surface area contributed by atoms with Crippen molar-refractivity contribution in [3.63, 3.8) is 0 Å². The molecule has 0 saturated carbocycles. The molecule has 0 fully saturated rings. The number of aromatic nitrogens is 12. The summed E-state index contributed by atoms with van der Waals surface area (Å²) in [7, 11) is 0. The van der Waals surface area contributed by atoms with Gasteiger partial charge in [-0.1, -0.05) is 237 Å². The summed E-state index contributed by atoms with van der Waals surface area (Å²) in [5.41, 5.74) is 7.70. The normalized spacial score (nSPS) is 12.2. The second kappa shape index (κ2) is 45.1. The number of carbonyl (C=O) groups is 1. The van der Waals surface area contributed by atoms with Gasteiger partial charge in [0.1, 0.15) is 6.10 Å². The Bertz CT molecular complexity index is 2340. The summed E-state index contributed by atoms with van der Waals surface area (Å²) >= 11 is 0. The van der Waals surface area contributed by atoms with Gasteiger partial charge in [-0.15, -0.1) is 48.0 Å². The van der Waals surface area contributed by atoms with Crippen molar-refractivity contribution in [2.24, 2.45) is 5.41 Å². The van der Waals surface area contributed by atoms with Crippen molar-refractivity contribution in [2.75, 3.05) is 0 Å². The third-order valence-corrected chi connectivity index (χ3v) is 10.7. The number of carbonyl (C=O) groups excluding carboxylic acids is 1. The summed E-state index contributed by atoms with van der Waals surface area (Å²) in [5, 5.41) is 6.47. The number of esters is 1. The van der Waals surface area contributed by atoms with Crippen LogP contribution in [0.3, 0.4) is 0 Å². The van der Waals surface area contributed by atoms with E-state index in [1.807, 2.05) is 75.5 Å². The summed E-state index contributed by atoms with van der Waals surface area (Å²) in [6.07, 6.45) is 32.9. The number of rotatable bonds is 0. The number of hydrogen-bond acceptors (Lipinski definition) is 12. The fraction of sp³-hybridized carbons (Fsp3) is 0.516. The predicted molar refractivity (Wildman–Crippen MR) is 313 cm³/mol. The van der Waals surface area contributed by atoms with Gasteiger partial charge in [0.25, 0.3) is 0 Å². The summed E-state index contributed by atoms with van der Waals surface area (Å²) in [5.74, 6) is 0.620. The first-order valence-electron chi connectivity index (χ1n) is 26.2. The Balaban J connectivity index is -0.000000162. The van der Waals surface area contributed by atoms with E-state index in [1.165, 1.54) is 18.0 Å². The average molecular weight is 2360 g/mol. The maximum absolute atomic E-state index is 10.6. The molecule has 2 N–H and O–H groups in total. The minimum Gasteiger partial charge on any atom is -0.464 e. The number of cyclic esters (lactones) is 1. The molecule has 475 valence electrons. The molecule has 0 spiro atoms. The fourth-order valence-electron chi connectivity index (χ4n) is 5.55. The zero-order chi connectivity index (χ0) is 59.7. The Labute approximate surface area is 609 Å². The molecule has 7 radical (unpaired) electrons. The van der Waals surface area contributed by atoms with Crippen LogP contribution in [0.2, 0.25) is 0 Å². The van der Waals surface area contributed by atoms with Gasteiger partial charge in [-0.05, 0) is 45.8 Å². The van der Waals surface area contributed by atoms with Crippen LogP contribution in [0.25, 0.3) is 0 Å². The van der Waals surface area contributed by atoms with Crippen molar-refractivity contribution >= 4 is 5.97 Å². The van der Waals surface area contributed by atoms with Crippen LogP contribution < -0.4 is 0 Å². The number of nitrogens with one attached hydrogen (secondary N) is 2. The summed E-state index contributed by atoms with van der Waals surface area (Å²) in [6, 6.07) is 15.2. The Hall–Kier alpha value is -2.19. The second-order valence-electron chi connectivity index (χ2n) is 26.6. The maximum atomic E-state index is 10.6. The van der Waals surface area contributed by atoms with Crippen molar-refractivity contribution in [2.45, 2.75) is 210 Å². The largest absolute Gasteiger partial charge is 0.464 e. The van der Waals surface area contributed by atoms with E-state index in [0.717, 1.165) is 34.2 Å². The van der Waals surface area contributed by atoms with E-state index < -0.39 is 0 Å². The Morgan fingerprint density at radius 2 is 1.06 bits per heavy atom. The molecule has 1 aliphatic heterocycles.